The maximum atomic E-state index is 12.3. The summed E-state index contributed by atoms with van der Waals surface area (Å²) in [6.07, 6.45) is 2.83. The summed E-state index contributed by atoms with van der Waals surface area (Å²) in [6.45, 7) is 1.91. The number of carbonyl (C=O) groups is 3. The van der Waals surface area contributed by atoms with E-state index in [0.717, 1.165) is 5.56 Å². The predicted molar refractivity (Wildman–Crippen MR) is 137 cm³/mol. The van der Waals surface area contributed by atoms with Crippen molar-refractivity contribution in [3.63, 3.8) is 0 Å². The molecule has 0 radical (unpaired) electrons. The number of aryl methyl sites for hydroxylation is 1. The normalized spacial score (nSPS) is 10.4. The summed E-state index contributed by atoms with van der Waals surface area (Å²) >= 11 is 11.0. The minimum Gasteiger partial charge on any atom is -0.322 e. The molecule has 0 spiro atoms. The van der Waals surface area contributed by atoms with E-state index in [2.05, 4.69) is 21.5 Å². The Bertz CT molecular complexity index is 1260. The van der Waals surface area contributed by atoms with Gasteiger partial charge in [0.2, 0.25) is 5.91 Å². The monoisotopic (exact) mass is 492 g/mol. The van der Waals surface area contributed by atoms with Gasteiger partial charge in [0.05, 0.1) is 0 Å². The zero-order valence-corrected chi connectivity index (χ0v) is 19.7. The summed E-state index contributed by atoms with van der Waals surface area (Å²) in [5.41, 5.74) is 7.95. The van der Waals surface area contributed by atoms with Crippen LogP contribution in [-0.2, 0) is 4.79 Å². The Morgan fingerprint density at radius 1 is 0.853 bits per heavy atom. The molecule has 0 aliphatic rings. The molecule has 0 bridgehead atoms. The maximum absolute atomic E-state index is 12.3. The summed E-state index contributed by atoms with van der Waals surface area (Å²) in [7, 11) is 0. The standard InChI is InChI=1S/C25H21ClN4O3S/c1-16-5-4-7-19(15-16)23(32)27-20-12-9-18(10-13-20)24(33)29-30-25(34)28-22(31)14-11-17-6-2-3-8-21(17)26/h2-15H,1H3,(H,27,32)(H,29,33)(H2,28,30,31,34). The summed E-state index contributed by atoms with van der Waals surface area (Å²) < 4.78 is 0. The van der Waals surface area contributed by atoms with Crippen molar-refractivity contribution in [1.29, 1.82) is 0 Å². The van der Waals surface area contributed by atoms with Gasteiger partial charge in [-0.15, -0.1) is 0 Å². The van der Waals surface area contributed by atoms with Crippen molar-refractivity contribution in [3.8, 4) is 0 Å². The van der Waals surface area contributed by atoms with Gasteiger partial charge in [0, 0.05) is 27.9 Å². The van der Waals surface area contributed by atoms with Crippen molar-refractivity contribution < 1.29 is 14.4 Å². The predicted octanol–water partition coefficient (Wildman–Crippen LogP) is 4.25. The van der Waals surface area contributed by atoms with E-state index in [1.807, 2.05) is 19.1 Å². The van der Waals surface area contributed by atoms with E-state index in [1.165, 1.54) is 6.08 Å². The molecule has 0 aliphatic carbocycles. The molecule has 4 N–H and O–H groups in total. The number of nitrogens with one attached hydrogen (secondary N) is 4. The lowest BCUT2D eigenvalue weighted by molar-refractivity contribution is -0.115. The van der Waals surface area contributed by atoms with Crippen LogP contribution in [0.5, 0.6) is 0 Å². The van der Waals surface area contributed by atoms with E-state index in [4.69, 9.17) is 23.8 Å². The molecule has 0 atom stereocenters. The molecule has 0 unspecified atom stereocenters. The van der Waals surface area contributed by atoms with Gasteiger partial charge >= 0.3 is 0 Å². The highest BCUT2D eigenvalue weighted by Crippen LogP contribution is 2.16. The van der Waals surface area contributed by atoms with Crippen LogP contribution in [0.25, 0.3) is 6.08 Å². The van der Waals surface area contributed by atoms with E-state index in [9.17, 15) is 14.4 Å². The third-order valence-electron chi connectivity index (χ3n) is 4.53. The molecule has 3 aromatic rings. The molecular weight excluding hydrogens is 472 g/mol. The van der Waals surface area contributed by atoms with Crippen molar-refractivity contribution in [3.05, 3.63) is 106 Å². The Hall–Kier alpha value is -4.01. The smallest absolute Gasteiger partial charge is 0.269 e. The van der Waals surface area contributed by atoms with Crippen LogP contribution in [-0.4, -0.2) is 22.8 Å². The zero-order valence-electron chi connectivity index (χ0n) is 18.1. The molecule has 0 fully saturated rings. The summed E-state index contributed by atoms with van der Waals surface area (Å²) in [6, 6.07) is 20.6. The van der Waals surface area contributed by atoms with Crippen LogP contribution in [0.1, 0.15) is 31.8 Å². The van der Waals surface area contributed by atoms with E-state index < -0.39 is 11.8 Å². The lowest BCUT2D eigenvalue weighted by Gasteiger charge is -2.10. The number of amides is 3. The van der Waals surface area contributed by atoms with Crippen molar-refractivity contribution in [2.45, 2.75) is 6.92 Å². The van der Waals surface area contributed by atoms with Crippen LogP contribution in [0, 0.1) is 6.92 Å². The quantitative estimate of drug-likeness (QED) is 0.242. The van der Waals surface area contributed by atoms with Crippen LogP contribution in [0.4, 0.5) is 5.69 Å². The molecule has 0 heterocycles. The number of hydrogen-bond acceptors (Lipinski definition) is 4. The number of hydrazine groups is 1. The highest BCUT2D eigenvalue weighted by atomic mass is 35.5. The lowest BCUT2D eigenvalue weighted by atomic mass is 10.1. The van der Waals surface area contributed by atoms with Gasteiger partial charge in [0.15, 0.2) is 5.11 Å². The molecule has 172 valence electrons. The number of rotatable bonds is 5. The maximum Gasteiger partial charge on any atom is 0.269 e. The molecule has 0 aromatic heterocycles. The first-order valence-electron chi connectivity index (χ1n) is 10.1. The molecule has 34 heavy (non-hydrogen) atoms. The Labute approximate surface area is 207 Å². The molecule has 0 saturated heterocycles. The number of halogens is 1. The lowest BCUT2D eigenvalue weighted by Crippen LogP contribution is -2.48. The average molecular weight is 493 g/mol. The van der Waals surface area contributed by atoms with E-state index in [0.29, 0.717) is 27.4 Å². The minimum atomic E-state index is -0.486. The SMILES string of the molecule is Cc1cccc(C(=O)Nc2ccc(C(=O)NNC(=S)NC(=O)C=Cc3ccccc3Cl)cc2)c1. The van der Waals surface area contributed by atoms with Crippen molar-refractivity contribution in [2.75, 3.05) is 5.32 Å². The average Bonchev–Trinajstić information content (AvgIpc) is 2.82. The highest BCUT2D eigenvalue weighted by Gasteiger charge is 2.09. The van der Waals surface area contributed by atoms with E-state index in [-0.39, 0.29) is 11.0 Å². The molecule has 0 aliphatic heterocycles. The minimum absolute atomic E-state index is 0.0794. The van der Waals surface area contributed by atoms with Crippen LogP contribution < -0.4 is 21.5 Å². The van der Waals surface area contributed by atoms with Gasteiger partial charge in [-0.1, -0.05) is 47.5 Å². The molecule has 0 saturated carbocycles. The Balaban J connectivity index is 1.47. The molecule has 9 heteroatoms. The highest BCUT2D eigenvalue weighted by molar-refractivity contribution is 7.80. The number of hydrogen-bond donors (Lipinski definition) is 4. The first-order chi connectivity index (χ1) is 16.3. The number of carbonyl (C=O) groups excluding carboxylic acids is 3. The van der Waals surface area contributed by atoms with E-state index in [1.54, 1.807) is 66.7 Å². The summed E-state index contributed by atoms with van der Waals surface area (Å²) in [4.78, 5) is 36.6. The first-order valence-corrected chi connectivity index (χ1v) is 10.9. The fraction of sp³-hybridized carbons (Fsp3) is 0.0400. The summed E-state index contributed by atoms with van der Waals surface area (Å²) in [5, 5.41) is 5.63. The topological polar surface area (TPSA) is 99.3 Å². The van der Waals surface area contributed by atoms with Gasteiger partial charge in [-0.25, -0.2) is 0 Å². The Morgan fingerprint density at radius 3 is 2.29 bits per heavy atom. The molecule has 3 amide bonds. The van der Waals surface area contributed by atoms with Crippen LogP contribution in [0.3, 0.4) is 0 Å². The Morgan fingerprint density at radius 2 is 1.59 bits per heavy atom. The van der Waals surface area contributed by atoms with Crippen LogP contribution in [0.2, 0.25) is 5.02 Å². The van der Waals surface area contributed by atoms with E-state index >= 15 is 0 Å². The number of anilines is 1. The second-order valence-electron chi connectivity index (χ2n) is 7.15. The second kappa shape index (κ2) is 11.7. The van der Waals surface area contributed by atoms with Gasteiger partial charge in [0.25, 0.3) is 11.8 Å². The van der Waals surface area contributed by atoms with Gasteiger partial charge in [-0.05, 0) is 73.2 Å². The van der Waals surface area contributed by atoms with Crippen LogP contribution >= 0.6 is 23.8 Å². The summed E-state index contributed by atoms with van der Waals surface area (Å²) in [5.74, 6) is -1.20. The fourth-order valence-electron chi connectivity index (χ4n) is 2.84. The molecule has 3 rings (SSSR count). The largest absolute Gasteiger partial charge is 0.322 e. The first kappa shape index (κ1) is 24.6. The third kappa shape index (κ3) is 7.26. The number of benzene rings is 3. The van der Waals surface area contributed by atoms with Crippen molar-refractivity contribution in [2.24, 2.45) is 0 Å². The van der Waals surface area contributed by atoms with Gasteiger partial charge in [-0.3, -0.25) is 30.6 Å². The Kier molecular flexibility index (Phi) is 8.50. The van der Waals surface area contributed by atoms with Crippen molar-refractivity contribution >= 4 is 58.4 Å². The molecule has 7 nitrogen and oxygen atoms in total. The van der Waals surface area contributed by atoms with Gasteiger partial charge < -0.3 is 5.32 Å². The van der Waals surface area contributed by atoms with Crippen LogP contribution in [0.15, 0.2) is 78.9 Å². The fourth-order valence-corrected chi connectivity index (χ4v) is 3.19. The number of thiocarbonyl (C=S) groups is 1. The third-order valence-corrected chi connectivity index (χ3v) is 5.08. The molecule has 3 aromatic carbocycles. The van der Waals surface area contributed by atoms with Crippen molar-refractivity contribution in [1.82, 2.24) is 16.2 Å². The molecular formula is C25H21ClN4O3S. The second-order valence-corrected chi connectivity index (χ2v) is 7.97. The van der Waals surface area contributed by atoms with Gasteiger partial charge in [-0.2, -0.15) is 0 Å². The van der Waals surface area contributed by atoms with Gasteiger partial charge in [0.1, 0.15) is 0 Å². The zero-order chi connectivity index (χ0) is 24.5.